The maximum Gasteiger partial charge on any atom is 0.153 e. The van der Waals surface area contributed by atoms with Crippen molar-refractivity contribution in [2.75, 3.05) is 0 Å². The maximum absolute atomic E-state index is 13.0. The van der Waals surface area contributed by atoms with Gasteiger partial charge in [0.25, 0.3) is 0 Å². The van der Waals surface area contributed by atoms with E-state index in [0.29, 0.717) is 0 Å². The molecule has 0 radical (unpaired) electrons. The van der Waals surface area contributed by atoms with E-state index in [0.717, 1.165) is 11.1 Å². The van der Waals surface area contributed by atoms with Gasteiger partial charge >= 0.3 is 0 Å². The number of ketones is 2. The van der Waals surface area contributed by atoms with Crippen LogP contribution in [-0.4, -0.2) is 11.6 Å². The van der Waals surface area contributed by atoms with Crippen LogP contribution in [0.3, 0.4) is 0 Å². The molecule has 0 fully saturated rings. The van der Waals surface area contributed by atoms with E-state index < -0.39 is 16.7 Å². The monoisotopic (exact) mass is 300 g/mol. The smallest absolute Gasteiger partial charge is 0.153 e. The summed E-state index contributed by atoms with van der Waals surface area (Å²) >= 11 is 0. The molecule has 0 heterocycles. The maximum atomic E-state index is 13.0. The van der Waals surface area contributed by atoms with Crippen molar-refractivity contribution in [3.63, 3.8) is 0 Å². The minimum atomic E-state index is -0.715. The van der Waals surface area contributed by atoms with E-state index >= 15 is 0 Å². The SMILES string of the molecule is C/C=C(\c1ccccc1)C(C(=O)C(C)(C)C)C(=O)C(C)(C)C. The van der Waals surface area contributed by atoms with Gasteiger partial charge < -0.3 is 0 Å². The Morgan fingerprint density at radius 3 is 1.59 bits per heavy atom. The zero-order chi connectivity index (χ0) is 17.1. The average molecular weight is 300 g/mol. The van der Waals surface area contributed by atoms with Crippen LogP contribution in [0, 0.1) is 16.7 Å². The first-order chi connectivity index (χ1) is 10.00. The summed E-state index contributed by atoms with van der Waals surface area (Å²) in [5.74, 6) is -0.763. The van der Waals surface area contributed by atoms with Crippen molar-refractivity contribution in [1.29, 1.82) is 0 Å². The molecular weight excluding hydrogens is 272 g/mol. The van der Waals surface area contributed by atoms with Crippen molar-refractivity contribution >= 4 is 17.1 Å². The van der Waals surface area contributed by atoms with Gasteiger partial charge in [0.2, 0.25) is 0 Å². The van der Waals surface area contributed by atoms with Crippen molar-refractivity contribution in [2.24, 2.45) is 16.7 Å². The molecule has 1 aromatic carbocycles. The fraction of sp³-hybridized carbons (Fsp3) is 0.500. The van der Waals surface area contributed by atoms with E-state index in [1.807, 2.05) is 84.9 Å². The average Bonchev–Trinajstić information content (AvgIpc) is 2.42. The Morgan fingerprint density at radius 2 is 1.27 bits per heavy atom. The summed E-state index contributed by atoms with van der Waals surface area (Å²) in [5, 5.41) is 0. The first kappa shape index (κ1) is 18.3. The summed E-state index contributed by atoms with van der Waals surface area (Å²) in [7, 11) is 0. The molecule has 0 aliphatic heterocycles. The molecule has 0 N–H and O–H groups in total. The summed E-state index contributed by atoms with van der Waals surface area (Å²) in [6.07, 6.45) is 1.90. The van der Waals surface area contributed by atoms with E-state index in [4.69, 9.17) is 0 Å². The molecule has 0 saturated heterocycles. The molecule has 22 heavy (non-hydrogen) atoms. The Morgan fingerprint density at radius 1 is 0.864 bits per heavy atom. The third-order valence-electron chi connectivity index (χ3n) is 3.73. The molecule has 0 spiro atoms. The molecule has 0 atom stereocenters. The molecule has 0 aromatic heterocycles. The van der Waals surface area contributed by atoms with Gasteiger partial charge in [-0.1, -0.05) is 78.0 Å². The lowest BCUT2D eigenvalue weighted by atomic mass is 9.70. The number of Topliss-reactive ketones (excluding diaryl/α,β-unsaturated/α-hetero) is 2. The highest BCUT2D eigenvalue weighted by atomic mass is 16.2. The van der Waals surface area contributed by atoms with Crippen LogP contribution in [0.2, 0.25) is 0 Å². The van der Waals surface area contributed by atoms with Gasteiger partial charge in [0.1, 0.15) is 5.92 Å². The highest BCUT2D eigenvalue weighted by molar-refractivity contribution is 6.15. The van der Waals surface area contributed by atoms with Crippen LogP contribution in [0.25, 0.3) is 5.57 Å². The molecule has 0 bridgehead atoms. The van der Waals surface area contributed by atoms with Crippen LogP contribution in [0.5, 0.6) is 0 Å². The van der Waals surface area contributed by atoms with E-state index in [9.17, 15) is 9.59 Å². The number of allylic oxidation sites excluding steroid dienone is 2. The van der Waals surface area contributed by atoms with Crippen molar-refractivity contribution in [1.82, 2.24) is 0 Å². The molecule has 0 aliphatic rings. The van der Waals surface area contributed by atoms with Crippen molar-refractivity contribution < 1.29 is 9.59 Å². The van der Waals surface area contributed by atoms with Gasteiger partial charge in [0.05, 0.1) is 0 Å². The first-order valence-electron chi connectivity index (χ1n) is 7.80. The van der Waals surface area contributed by atoms with Gasteiger partial charge in [-0.3, -0.25) is 9.59 Å². The Hall–Kier alpha value is -1.70. The third kappa shape index (κ3) is 4.16. The van der Waals surface area contributed by atoms with Gasteiger partial charge in [0.15, 0.2) is 11.6 Å². The van der Waals surface area contributed by atoms with Crippen molar-refractivity contribution in [2.45, 2.75) is 48.5 Å². The standard InChI is InChI=1S/C20H28O2/c1-8-15(14-12-10-9-11-13-14)16(17(21)19(2,3)4)18(22)20(5,6)7/h8-13,16H,1-7H3/b15-8+. The summed E-state index contributed by atoms with van der Waals surface area (Å²) in [4.78, 5) is 25.9. The molecule has 1 rings (SSSR count). The summed E-state index contributed by atoms with van der Waals surface area (Å²) in [6, 6.07) is 9.70. The second kappa shape index (κ2) is 6.60. The lowest BCUT2D eigenvalue weighted by Gasteiger charge is -2.30. The van der Waals surface area contributed by atoms with Crippen LogP contribution >= 0.6 is 0 Å². The van der Waals surface area contributed by atoms with Crippen LogP contribution < -0.4 is 0 Å². The van der Waals surface area contributed by atoms with E-state index in [1.165, 1.54) is 0 Å². The fourth-order valence-electron chi connectivity index (χ4n) is 2.40. The van der Waals surface area contributed by atoms with Crippen LogP contribution in [0.15, 0.2) is 36.4 Å². The molecule has 1 aromatic rings. The largest absolute Gasteiger partial charge is 0.298 e. The number of hydrogen-bond donors (Lipinski definition) is 0. The van der Waals surface area contributed by atoms with Gasteiger partial charge in [-0.05, 0) is 18.1 Å². The third-order valence-corrected chi connectivity index (χ3v) is 3.73. The Balaban J connectivity index is 3.44. The quantitative estimate of drug-likeness (QED) is 0.738. The number of carbonyl (C=O) groups is 2. The van der Waals surface area contributed by atoms with Crippen LogP contribution in [-0.2, 0) is 9.59 Å². The highest BCUT2D eigenvalue weighted by Gasteiger charge is 2.41. The van der Waals surface area contributed by atoms with Gasteiger partial charge in [-0.15, -0.1) is 0 Å². The minimum Gasteiger partial charge on any atom is -0.298 e. The summed E-state index contributed by atoms with van der Waals surface area (Å²) < 4.78 is 0. The first-order valence-corrected chi connectivity index (χ1v) is 7.80. The Labute approximate surface area is 134 Å². The predicted molar refractivity (Wildman–Crippen MR) is 92.5 cm³/mol. The van der Waals surface area contributed by atoms with Gasteiger partial charge in [-0.25, -0.2) is 0 Å². The molecule has 120 valence electrons. The predicted octanol–water partition coefficient (Wildman–Crippen LogP) is 4.94. The second-order valence-corrected chi connectivity index (χ2v) is 7.77. The topological polar surface area (TPSA) is 34.1 Å². The fourth-order valence-corrected chi connectivity index (χ4v) is 2.40. The van der Waals surface area contributed by atoms with Crippen molar-refractivity contribution in [3.8, 4) is 0 Å². The van der Waals surface area contributed by atoms with Gasteiger partial charge in [-0.2, -0.15) is 0 Å². The minimum absolute atomic E-state index is 0.0237. The number of carbonyl (C=O) groups excluding carboxylic acids is 2. The highest BCUT2D eigenvalue weighted by Crippen LogP contribution is 2.35. The van der Waals surface area contributed by atoms with Crippen LogP contribution in [0.1, 0.15) is 54.0 Å². The Kier molecular flexibility index (Phi) is 5.50. The molecular formula is C20H28O2. The Bertz CT molecular complexity index is 540. The number of benzene rings is 1. The normalized spacial score (nSPS) is 13.4. The summed E-state index contributed by atoms with van der Waals surface area (Å²) in [6.45, 7) is 13.1. The second-order valence-electron chi connectivity index (χ2n) is 7.77. The molecule has 2 nitrogen and oxygen atoms in total. The van der Waals surface area contributed by atoms with E-state index in [2.05, 4.69) is 0 Å². The van der Waals surface area contributed by atoms with E-state index in [-0.39, 0.29) is 11.6 Å². The molecule has 0 aliphatic carbocycles. The molecule has 0 saturated carbocycles. The lowest BCUT2D eigenvalue weighted by Crippen LogP contribution is -2.39. The van der Waals surface area contributed by atoms with Crippen LogP contribution in [0.4, 0.5) is 0 Å². The molecule has 0 amide bonds. The lowest BCUT2D eigenvalue weighted by molar-refractivity contribution is -0.138. The number of hydrogen-bond acceptors (Lipinski definition) is 2. The zero-order valence-corrected chi connectivity index (χ0v) is 14.9. The molecule has 0 unspecified atom stereocenters. The molecule has 2 heteroatoms. The van der Waals surface area contributed by atoms with E-state index in [1.54, 1.807) is 0 Å². The number of rotatable bonds is 4. The zero-order valence-electron chi connectivity index (χ0n) is 14.9. The summed E-state index contributed by atoms with van der Waals surface area (Å²) in [5.41, 5.74) is 0.620. The van der Waals surface area contributed by atoms with Crippen molar-refractivity contribution in [3.05, 3.63) is 42.0 Å². The van der Waals surface area contributed by atoms with Gasteiger partial charge in [0, 0.05) is 10.8 Å².